The predicted molar refractivity (Wildman–Crippen MR) is 75.4 cm³/mol. The lowest BCUT2D eigenvalue weighted by Gasteiger charge is -2.06. The van der Waals surface area contributed by atoms with Crippen molar-refractivity contribution >= 4 is 17.1 Å². The van der Waals surface area contributed by atoms with Crippen LogP contribution in [0.5, 0.6) is 0 Å². The van der Waals surface area contributed by atoms with Gasteiger partial charge in [0, 0.05) is 12.8 Å². The van der Waals surface area contributed by atoms with Crippen LogP contribution in [0, 0.1) is 5.92 Å². The summed E-state index contributed by atoms with van der Waals surface area (Å²) in [6.07, 6.45) is 9.25. The van der Waals surface area contributed by atoms with Crippen LogP contribution >= 0.6 is 11.3 Å². The first-order valence-electron chi connectivity index (χ1n) is 6.81. The van der Waals surface area contributed by atoms with Gasteiger partial charge in [-0.15, -0.1) is 0 Å². The van der Waals surface area contributed by atoms with Crippen molar-refractivity contribution in [1.29, 1.82) is 0 Å². The third-order valence-corrected chi connectivity index (χ3v) is 3.85. The number of carbonyl (C=O) groups excluding carboxylic acids is 1. The van der Waals surface area contributed by atoms with Gasteiger partial charge in [-0.3, -0.25) is 4.79 Å². The summed E-state index contributed by atoms with van der Waals surface area (Å²) in [5, 5.41) is 4.08. The second kappa shape index (κ2) is 9.41. The summed E-state index contributed by atoms with van der Waals surface area (Å²) in [5.41, 5.74) is 0. The van der Waals surface area contributed by atoms with Gasteiger partial charge in [-0.1, -0.05) is 51.2 Å². The van der Waals surface area contributed by atoms with Crippen LogP contribution in [0.1, 0.15) is 58.3 Å². The van der Waals surface area contributed by atoms with E-state index in [9.17, 15) is 4.79 Å². The Morgan fingerprint density at radius 1 is 1.24 bits per heavy atom. The molecule has 0 saturated heterocycles. The van der Waals surface area contributed by atoms with Gasteiger partial charge in [0.25, 0.3) is 0 Å². The van der Waals surface area contributed by atoms with Crippen LogP contribution in [0.15, 0.2) is 22.9 Å². The molecule has 2 rings (SSSR count). The van der Waals surface area contributed by atoms with Crippen molar-refractivity contribution in [1.82, 2.24) is 0 Å². The Morgan fingerprint density at radius 2 is 1.88 bits per heavy atom. The molecule has 1 aliphatic carbocycles. The summed E-state index contributed by atoms with van der Waals surface area (Å²) < 4.78 is 0. The number of hydrogen-bond acceptors (Lipinski definition) is 2. The van der Waals surface area contributed by atoms with Crippen molar-refractivity contribution in [2.45, 2.75) is 58.3 Å². The first-order valence-corrected chi connectivity index (χ1v) is 7.76. The van der Waals surface area contributed by atoms with Gasteiger partial charge in [-0.25, -0.2) is 0 Å². The van der Waals surface area contributed by atoms with Crippen molar-refractivity contribution in [3.8, 4) is 0 Å². The Bertz CT molecular complexity index is 256. The number of rotatable bonds is 5. The minimum atomic E-state index is 0.503. The Morgan fingerprint density at radius 3 is 2.35 bits per heavy atom. The van der Waals surface area contributed by atoms with Crippen LogP contribution < -0.4 is 0 Å². The van der Waals surface area contributed by atoms with Gasteiger partial charge in [0.2, 0.25) is 0 Å². The molecule has 0 atom stereocenters. The molecule has 0 aliphatic heterocycles. The molecule has 1 aliphatic rings. The minimum Gasteiger partial charge on any atom is -0.300 e. The fraction of sp³-hybridized carbons (Fsp3) is 0.667. The van der Waals surface area contributed by atoms with Crippen molar-refractivity contribution in [2.24, 2.45) is 5.92 Å². The molecule has 1 fully saturated rings. The molecule has 0 bridgehead atoms. The zero-order valence-corrected chi connectivity index (χ0v) is 11.7. The van der Waals surface area contributed by atoms with Gasteiger partial charge in [-0.2, -0.15) is 11.3 Å². The molecule has 0 N–H and O–H groups in total. The van der Waals surface area contributed by atoms with E-state index in [1.54, 1.807) is 11.3 Å². The molecule has 0 amide bonds. The fourth-order valence-electron chi connectivity index (χ4n) is 2.24. The third-order valence-electron chi connectivity index (χ3n) is 3.23. The van der Waals surface area contributed by atoms with Crippen LogP contribution in [0.4, 0.5) is 0 Å². The van der Waals surface area contributed by atoms with Crippen molar-refractivity contribution < 1.29 is 4.79 Å². The molecule has 1 heterocycles. The molecule has 1 aromatic rings. The van der Waals surface area contributed by atoms with E-state index in [4.69, 9.17) is 0 Å². The number of thiophene rings is 1. The van der Waals surface area contributed by atoms with E-state index >= 15 is 0 Å². The first kappa shape index (κ1) is 14.4. The summed E-state index contributed by atoms with van der Waals surface area (Å²) >= 11 is 1.71. The molecular weight excluding hydrogens is 228 g/mol. The number of carbonyl (C=O) groups is 1. The Labute approximate surface area is 109 Å². The van der Waals surface area contributed by atoms with E-state index in [1.807, 2.05) is 22.9 Å². The largest absolute Gasteiger partial charge is 0.300 e. The minimum absolute atomic E-state index is 0.503. The van der Waals surface area contributed by atoms with Gasteiger partial charge in [0.05, 0.1) is 0 Å². The monoisotopic (exact) mass is 252 g/mol. The Hall–Kier alpha value is -0.630. The Balaban J connectivity index is 0.000000239. The smallest absolute Gasteiger partial charge is 0.133 e. The highest BCUT2D eigenvalue weighted by atomic mass is 32.1. The van der Waals surface area contributed by atoms with Crippen LogP contribution in [0.3, 0.4) is 0 Å². The maximum atomic E-state index is 11.4. The van der Waals surface area contributed by atoms with E-state index in [1.165, 1.54) is 25.7 Å². The lowest BCUT2D eigenvalue weighted by Crippen LogP contribution is -2.04. The van der Waals surface area contributed by atoms with Crippen LogP contribution in [-0.2, 0) is 4.79 Å². The quantitative estimate of drug-likeness (QED) is 0.714. The average Bonchev–Trinajstić information content (AvgIpc) is 3.01. The van der Waals surface area contributed by atoms with Gasteiger partial charge in [0.15, 0.2) is 0 Å². The zero-order valence-electron chi connectivity index (χ0n) is 10.9. The highest BCUT2D eigenvalue weighted by molar-refractivity contribution is 7.07. The SMILES string of the molecule is CCCCC(=O)CC1CCCC1.c1ccsc1. The molecule has 0 spiro atoms. The van der Waals surface area contributed by atoms with Crippen molar-refractivity contribution in [3.63, 3.8) is 0 Å². The second-order valence-electron chi connectivity index (χ2n) is 4.79. The summed E-state index contributed by atoms with van der Waals surface area (Å²) in [6, 6.07) is 4.04. The maximum absolute atomic E-state index is 11.4. The molecule has 0 radical (unpaired) electrons. The zero-order chi connectivity index (χ0) is 12.3. The number of unbranched alkanes of at least 4 members (excludes halogenated alkanes) is 1. The molecule has 2 heteroatoms. The van der Waals surface area contributed by atoms with Crippen LogP contribution in [-0.4, -0.2) is 5.78 Å². The molecule has 0 unspecified atom stereocenters. The summed E-state index contributed by atoms with van der Waals surface area (Å²) in [7, 11) is 0. The van der Waals surface area contributed by atoms with Gasteiger partial charge in [0.1, 0.15) is 5.78 Å². The fourth-order valence-corrected chi connectivity index (χ4v) is 2.69. The van der Waals surface area contributed by atoms with Crippen LogP contribution in [0.2, 0.25) is 0 Å². The molecule has 1 aromatic heterocycles. The van der Waals surface area contributed by atoms with Gasteiger partial charge in [-0.05, 0) is 23.1 Å². The maximum Gasteiger partial charge on any atom is 0.133 e. The van der Waals surface area contributed by atoms with E-state index in [0.717, 1.165) is 31.6 Å². The summed E-state index contributed by atoms with van der Waals surface area (Å²) in [5.74, 6) is 1.25. The summed E-state index contributed by atoms with van der Waals surface area (Å²) in [4.78, 5) is 11.4. The third kappa shape index (κ3) is 7.32. The van der Waals surface area contributed by atoms with E-state index in [-0.39, 0.29) is 0 Å². The molecule has 1 saturated carbocycles. The average molecular weight is 252 g/mol. The first-order chi connectivity index (χ1) is 8.33. The van der Waals surface area contributed by atoms with Crippen LogP contribution in [0.25, 0.3) is 0 Å². The van der Waals surface area contributed by atoms with E-state index in [0.29, 0.717) is 5.78 Å². The van der Waals surface area contributed by atoms with E-state index in [2.05, 4.69) is 6.92 Å². The lowest BCUT2D eigenvalue weighted by molar-refractivity contribution is -0.120. The normalized spacial score (nSPS) is 15.4. The highest BCUT2D eigenvalue weighted by Crippen LogP contribution is 2.28. The standard InChI is InChI=1S/C11H20O.C4H4S/c1-2-3-8-11(12)9-10-6-4-5-7-10;1-2-4-5-3-1/h10H,2-9H2,1H3;1-4H. The number of ketones is 1. The lowest BCUT2D eigenvalue weighted by atomic mass is 9.98. The Kier molecular flexibility index (Phi) is 7.98. The number of Topliss-reactive ketones (excluding diaryl/α,β-unsaturated/α-hetero) is 1. The van der Waals surface area contributed by atoms with Gasteiger partial charge >= 0.3 is 0 Å². The highest BCUT2D eigenvalue weighted by Gasteiger charge is 2.17. The van der Waals surface area contributed by atoms with Crippen molar-refractivity contribution in [2.75, 3.05) is 0 Å². The number of hydrogen-bond donors (Lipinski definition) is 0. The second-order valence-corrected chi connectivity index (χ2v) is 5.61. The topological polar surface area (TPSA) is 17.1 Å². The molecule has 1 nitrogen and oxygen atoms in total. The predicted octanol–water partition coefficient (Wildman–Crippen LogP) is 5.07. The molecule has 96 valence electrons. The van der Waals surface area contributed by atoms with Gasteiger partial charge < -0.3 is 0 Å². The van der Waals surface area contributed by atoms with E-state index < -0.39 is 0 Å². The molecular formula is C15H24OS. The summed E-state index contributed by atoms with van der Waals surface area (Å²) in [6.45, 7) is 2.14. The molecule has 0 aromatic carbocycles. The van der Waals surface area contributed by atoms with Crippen molar-refractivity contribution in [3.05, 3.63) is 22.9 Å². The molecule has 17 heavy (non-hydrogen) atoms.